The third-order valence-corrected chi connectivity index (χ3v) is 2.72. The van der Waals surface area contributed by atoms with Crippen LogP contribution in [0.4, 0.5) is 0 Å². The molecule has 1 aliphatic carbocycles. The second-order valence-electron chi connectivity index (χ2n) is 4.53. The molecule has 0 heterocycles. The molecule has 0 aromatic rings. The quantitative estimate of drug-likeness (QED) is 0.644. The monoisotopic (exact) mass is 169 g/mol. The third-order valence-electron chi connectivity index (χ3n) is 2.72. The fourth-order valence-corrected chi connectivity index (χ4v) is 1.95. The molecule has 0 spiro atoms. The maximum atomic E-state index is 3.48. The highest BCUT2D eigenvalue weighted by atomic mass is 14.8. The summed E-state index contributed by atoms with van der Waals surface area (Å²) in [6.45, 7) is 9.24. The first kappa shape index (κ1) is 10.0. The summed E-state index contributed by atoms with van der Waals surface area (Å²) in [5, 5.41) is 3.48. The van der Waals surface area contributed by atoms with Crippen molar-refractivity contribution in [2.75, 3.05) is 13.1 Å². The molecule has 1 heteroatoms. The van der Waals surface area contributed by atoms with Gasteiger partial charge in [-0.05, 0) is 50.1 Å². The zero-order valence-corrected chi connectivity index (χ0v) is 8.77. The molecule has 12 heavy (non-hydrogen) atoms. The van der Waals surface area contributed by atoms with Crippen LogP contribution in [0.3, 0.4) is 0 Å². The molecule has 1 fully saturated rings. The molecule has 72 valence electrons. The maximum absolute atomic E-state index is 3.48. The number of nitrogens with one attached hydrogen (secondary N) is 1. The zero-order valence-electron chi connectivity index (χ0n) is 8.77. The average Bonchev–Trinajstić information content (AvgIpc) is 2.79. The molecule has 1 rings (SSSR count). The van der Waals surface area contributed by atoms with Crippen LogP contribution in [0.1, 0.15) is 40.0 Å². The fourth-order valence-electron chi connectivity index (χ4n) is 1.95. The van der Waals surface area contributed by atoms with E-state index in [0.717, 1.165) is 24.3 Å². The Kier molecular flexibility index (Phi) is 4.07. The van der Waals surface area contributed by atoms with Gasteiger partial charge in [0, 0.05) is 0 Å². The molecule has 1 saturated carbocycles. The summed E-state index contributed by atoms with van der Waals surface area (Å²) in [7, 11) is 0. The van der Waals surface area contributed by atoms with E-state index in [1.807, 2.05) is 0 Å². The first-order valence-electron chi connectivity index (χ1n) is 5.44. The van der Waals surface area contributed by atoms with Crippen LogP contribution in [0.5, 0.6) is 0 Å². The molecule has 0 amide bonds. The molecule has 0 aliphatic heterocycles. The first-order chi connectivity index (χ1) is 5.74. The van der Waals surface area contributed by atoms with Crippen LogP contribution in [0.2, 0.25) is 0 Å². The highest BCUT2D eigenvalue weighted by Gasteiger charge is 2.30. The third kappa shape index (κ3) is 3.57. The normalized spacial score (nSPS) is 20.0. The van der Waals surface area contributed by atoms with Crippen LogP contribution in [-0.2, 0) is 0 Å². The van der Waals surface area contributed by atoms with E-state index in [9.17, 15) is 0 Å². The molecular weight excluding hydrogens is 146 g/mol. The SMILES string of the molecule is CCNCC(CC(C)C)C1CC1. The summed E-state index contributed by atoms with van der Waals surface area (Å²) in [5.41, 5.74) is 0. The Bertz CT molecular complexity index is 116. The van der Waals surface area contributed by atoms with Crippen molar-refractivity contribution in [1.82, 2.24) is 5.32 Å². The van der Waals surface area contributed by atoms with Crippen molar-refractivity contribution in [3.8, 4) is 0 Å². The Morgan fingerprint density at radius 2 is 2.00 bits per heavy atom. The van der Waals surface area contributed by atoms with Gasteiger partial charge < -0.3 is 5.32 Å². The molecule has 0 saturated heterocycles. The van der Waals surface area contributed by atoms with Crippen LogP contribution >= 0.6 is 0 Å². The zero-order chi connectivity index (χ0) is 8.97. The molecule has 1 nitrogen and oxygen atoms in total. The van der Waals surface area contributed by atoms with Crippen molar-refractivity contribution in [1.29, 1.82) is 0 Å². The number of hydrogen-bond donors (Lipinski definition) is 1. The van der Waals surface area contributed by atoms with Gasteiger partial charge in [0.2, 0.25) is 0 Å². The van der Waals surface area contributed by atoms with Gasteiger partial charge in [-0.2, -0.15) is 0 Å². The van der Waals surface area contributed by atoms with Crippen molar-refractivity contribution in [3.05, 3.63) is 0 Å². The topological polar surface area (TPSA) is 12.0 Å². The molecule has 0 aromatic heterocycles. The molecular formula is C11H23N. The van der Waals surface area contributed by atoms with E-state index in [1.54, 1.807) is 0 Å². The minimum Gasteiger partial charge on any atom is -0.317 e. The van der Waals surface area contributed by atoms with E-state index in [1.165, 1.54) is 25.8 Å². The predicted octanol–water partition coefficient (Wildman–Crippen LogP) is 2.67. The maximum Gasteiger partial charge on any atom is -0.00179 e. The van der Waals surface area contributed by atoms with Crippen LogP contribution in [0.15, 0.2) is 0 Å². The molecule has 1 aliphatic rings. The molecule has 1 unspecified atom stereocenters. The standard InChI is InChI=1S/C11H23N/c1-4-12-8-11(7-9(2)3)10-5-6-10/h9-12H,4-8H2,1-3H3. The summed E-state index contributed by atoms with van der Waals surface area (Å²) in [5.74, 6) is 2.89. The molecule has 0 radical (unpaired) electrons. The van der Waals surface area contributed by atoms with Crippen molar-refractivity contribution < 1.29 is 0 Å². The Balaban J connectivity index is 2.18. The van der Waals surface area contributed by atoms with Crippen LogP contribution in [-0.4, -0.2) is 13.1 Å². The molecule has 1 N–H and O–H groups in total. The first-order valence-corrected chi connectivity index (χ1v) is 5.44. The van der Waals surface area contributed by atoms with Crippen molar-refractivity contribution in [2.24, 2.45) is 17.8 Å². The largest absolute Gasteiger partial charge is 0.317 e. The summed E-state index contributed by atoms with van der Waals surface area (Å²) in [6.07, 6.45) is 4.39. The van der Waals surface area contributed by atoms with Crippen molar-refractivity contribution in [3.63, 3.8) is 0 Å². The van der Waals surface area contributed by atoms with Gasteiger partial charge in [-0.3, -0.25) is 0 Å². The number of hydrogen-bond acceptors (Lipinski definition) is 1. The van der Waals surface area contributed by atoms with Gasteiger partial charge in [0.25, 0.3) is 0 Å². The van der Waals surface area contributed by atoms with E-state index < -0.39 is 0 Å². The summed E-state index contributed by atoms with van der Waals surface area (Å²) >= 11 is 0. The van der Waals surface area contributed by atoms with Crippen LogP contribution in [0, 0.1) is 17.8 Å². The van der Waals surface area contributed by atoms with Gasteiger partial charge in [0.1, 0.15) is 0 Å². The molecule has 0 aromatic carbocycles. The number of rotatable bonds is 6. The lowest BCUT2D eigenvalue weighted by Gasteiger charge is -2.18. The van der Waals surface area contributed by atoms with Gasteiger partial charge in [0.05, 0.1) is 0 Å². The van der Waals surface area contributed by atoms with E-state index >= 15 is 0 Å². The van der Waals surface area contributed by atoms with Gasteiger partial charge in [-0.25, -0.2) is 0 Å². The second-order valence-corrected chi connectivity index (χ2v) is 4.53. The minimum atomic E-state index is 0.870. The smallest absolute Gasteiger partial charge is 0.00179 e. The van der Waals surface area contributed by atoms with Crippen molar-refractivity contribution >= 4 is 0 Å². The Labute approximate surface area is 76.9 Å². The van der Waals surface area contributed by atoms with E-state index in [4.69, 9.17) is 0 Å². The van der Waals surface area contributed by atoms with Gasteiger partial charge >= 0.3 is 0 Å². The Morgan fingerprint density at radius 1 is 1.33 bits per heavy atom. The Morgan fingerprint density at radius 3 is 2.42 bits per heavy atom. The van der Waals surface area contributed by atoms with Gasteiger partial charge in [0.15, 0.2) is 0 Å². The summed E-state index contributed by atoms with van der Waals surface area (Å²) < 4.78 is 0. The summed E-state index contributed by atoms with van der Waals surface area (Å²) in [6, 6.07) is 0. The van der Waals surface area contributed by atoms with Crippen LogP contribution in [0.25, 0.3) is 0 Å². The minimum absolute atomic E-state index is 0.870. The van der Waals surface area contributed by atoms with E-state index in [0.29, 0.717) is 0 Å². The highest BCUT2D eigenvalue weighted by Crippen LogP contribution is 2.39. The van der Waals surface area contributed by atoms with Crippen molar-refractivity contribution in [2.45, 2.75) is 40.0 Å². The summed E-state index contributed by atoms with van der Waals surface area (Å²) in [4.78, 5) is 0. The molecule has 0 bridgehead atoms. The lowest BCUT2D eigenvalue weighted by Crippen LogP contribution is -2.24. The fraction of sp³-hybridized carbons (Fsp3) is 1.00. The van der Waals surface area contributed by atoms with Crippen LogP contribution < -0.4 is 5.32 Å². The Hall–Kier alpha value is -0.0400. The van der Waals surface area contributed by atoms with Gasteiger partial charge in [-0.1, -0.05) is 20.8 Å². The van der Waals surface area contributed by atoms with Gasteiger partial charge in [-0.15, -0.1) is 0 Å². The lowest BCUT2D eigenvalue weighted by atomic mass is 9.93. The van der Waals surface area contributed by atoms with E-state index in [2.05, 4.69) is 26.1 Å². The highest BCUT2D eigenvalue weighted by molar-refractivity contribution is 4.83. The van der Waals surface area contributed by atoms with E-state index in [-0.39, 0.29) is 0 Å². The predicted molar refractivity (Wildman–Crippen MR) is 54.2 cm³/mol. The lowest BCUT2D eigenvalue weighted by molar-refractivity contribution is 0.353. The average molecular weight is 169 g/mol. The molecule has 1 atom stereocenters. The second kappa shape index (κ2) is 4.86.